The van der Waals surface area contributed by atoms with E-state index in [1.54, 1.807) is 12.1 Å². The Hall–Kier alpha value is -0.980. The SMILES string of the molecule is O=C(O)CC1CCCN1C(=O)Nc1c(Cl)cc(Br)cc1Cl. The summed E-state index contributed by atoms with van der Waals surface area (Å²) in [6.45, 7) is 0.523. The molecule has 1 aromatic rings. The maximum absolute atomic E-state index is 12.3. The highest BCUT2D eigenvalue weighted by atomic mass is 79.9. The molecule has 1 aliphatic heterocycles. The van der Waals surface area contributed by atoms with Crippen molar-refractivity contribution in [2.75, 3.05) is 11.9 Å². The van der Waals surface area contributed by atoms with Gasteiger partial charge < -0.3 is 15.3 Å². The molecule has 1 unspecified atom stereocenters. The molecule has 5 nitrogen and oxygen atoms in total. The standard InChI is InChI=1S/C13H13BrCl2N2O3/c14-7-4-9(15)12(10(16)5-7)17-13(21)18-3-1-2-8(18)6-11(19)20/h4-5,8H,1-3,6H2,(H,17,21)(H,19,20). The fraction of sp³-hybridized carbons (Fsp3) is 0.385. The van der Waals surface area contributed by atoms with Crippen LogP contribution in [0.4, 0.5) is 10.5 Å². The highest BCUT2D eigenvalue weighted by molar-refractivity contribution is 9.10. The van der Waals surface area contributed by atoms with Crippen LogP contribution in [-0.4, -0.2) is 34.6 Å². The first-order valence-electron chi connectivity index (χ1n) is 6.32. The number of nitrogens with zero attached hydrogens (tertiary/aromatic N) is 1. The number of carboxylic acids is 1. The summed E-state index contributed by atoms with van der Waals surface area (Å²) in [6, 6.07) is 2.57. The molecule has 2 rings (SSSR count). The number of benzene rings is 1. The van der Waals surface area contributed by atoms with E-state index in [0.29, 0.717) is 33.2 Å². The molecule has 8 heteroatoms. The summed E-state index contributed by atoms with van der Waals surface area (Å²) in [5.74, 6) is -0.917. The predicted molar refractivity (Wildman–Crippen MR) is 85.2 cm³/mol. The number of rotatable bonds is 3. The van der Waals surface area contributed by atoms with Crippen molar-refractivity contribution < 1.29 is 14.7 Å². The van der Waals surface area contributed by atoms with E-state index in [1.165, 1.54) is 4.90 Å². The van der Waals surface area contributed by atoms with Gasteiger partial charge in [-0.3, -0.25) is 4.79 Å². The number of urea groups is 1. The zero-order valence-electron chi connectivity index (χ0n) is 10.9. The van der Waals surface area contributed by atoms with E-state index in [1.807, 2.05) is 0 Å². The summed E-state index contributed by atoms with van der Waals surface area (Å²) < 4.78 is 0.709. The topological polar surface area (TPSA) is 69.6 Å². The van der Waals surface area contributed by atoms with Crippen molar-refractivity contribution in [3.05, 3.63) is 26.7 Å². The number of hydrogen-bond donors (Lipinski definition) is 2. The van der Waals surface area contributed by atoms with Gasteiger partial charge in [0.15, 0.2) is 0 Å². The fourth-order valence-electron chi connectivity index (χ4n) is 2.36. The molecule has 0 saturated carbocycles. The lowest BCUT2D eigenvalue weighted by molar-refractivity contribution is -0.137. The van der Waals surface area contributed by atoms with Gasteiger partial charge in [-0.15, -0.1) is 0 Å². The number of anilines is 1. The van der Waals surface area contributed by atoms with Crippen LogP contribution in [-0.2, 0) is 4.79 Å². The third-order valence-corrected chi connectivity index (χ3v) is 4.34. The minimum Gasteiger partial charge on any atom is -0.481 e. The third-order valence-electron chi connectivity index (χ3n) is 3.29. The molecule has 2 N–H and O–H groups in total. The van der Waals surface area contributed by atoms with Crippen LogP contribution in [0.3, 0.4) is 0 Å². The number of carbonyl (C=O) groups is 2. The van der Waals surface area contributed by atoms with Crippen LogP contribution in [0.2, 0.25) is 10.0 Å². The number of hydrogen-bond acceptors (Lipinski definition) is 2. The molecule has 1 fully saturated rings. The van der Waals surface area contributed by atoms with E-state index in [0.717, 1.165) is 6.42 Å². The second kappa shape index (κ2) is 6.85. The van der Waals surface area contributed by atoms with Crippen molar-refractivity contribution >= 4 is 56.8 Å². The molecule has 1 aromatic carbocycles. The quantitative estimate of drug-likeness (QED) is 0.804. The number of likely N-dealkylation sites (tertiary alicyclic amines) is 1. The van der Waals surface area contributed by atoms with E-state index in [4.69, 9.17) is 28.3 Å². The molecule has 1 aliphatic rings. The number of carbonyl (C=O) groups excluding carboxylic acids is 1. The lowest BCUT2D eigenvalue weighted by Gasteiger charge is -2.24. The van der Waals surface area contributed by atoms with Crippen molar-refractivity contribution in [1.82, 2.24) is 4.90 Å². The Labute approximate surface area is 140 Å². The molecule has 0 radical (unpaired) electrons. The minimum atomic E-state index is -0.917. The first-order chi connectivity index (χ1) is 9.88. The van der Waals surface area contributed by atoms with Crippen molar-refractivity contribution in [2.45, 2.75) is 25.3 Å². The first kappa shape index (κ1) is 16.4. The Balaban J connectivity index is 2.13. The molecule has 21 heavy (non-hydrogen) atoms. The highest BCUT2D eigenvalue weighted by Gasteiger charge is 2.30. The third kappa shape index (κ3) is 4.02. The van der Waals surface area contributed by atoms with Gasteiger partial charge in [0.25, 0.3) is 0 Å². The van der Waals surface area contributed by atoms with Gasteiger partial charge in [0.05, 0.1) is 22.2 Å². The van der Waals surface area contributed by atoms with Crippen LogP contribution in [0.1, 0.15) is 19.3 Å². The van der Waals surface area contributed by atoms with Gasteiger partial charge in [0.2, 0.25) is 0 Å². The highest BCUT2D eigenvalue weighted by Crippen LogP contribution is 2.34. The van der Waals surface area contributed by atoms with Crippen molar-refractivity contribution in [3.8, 4) is 0 Å². The smallest absolute Gasteiger partial charge is 0.322 e. The van der Waals surface area contributed by atoms with Gasteiger partial charge in [0, 0.05) is 17.1 Å². The van der Waals surface area contributed by atoms with Crippen molar-refractivity contribution in [3.63, 3.8) is 0 Å². The average Bonchev–Trinajstić information content (AvgIpc) is 2.80. The van der Waals surface area contributed by atoms with Crippen LogP contribution in [0.15, 0.2) is 16.6 Å². The number of carboxylic acid groups (broad SMARTS) is 1. The summed E-state index contributed by atoms with van der Waals surface area (Å²) in [4.78, 5) is 24.6. The second-order valence-electron chi connectivity index (χ2n) is 4.76. The lowest BCUT2D eigenvalue weighted by atomic mass is 10.1. The summed E-state index contributed by atoms with van der Waals surface area (Å²) in [5, 5.41) is 12.2. The number of aliphatic carboxylic acids is 1. The Morgan fingerprint density at radius 1 is 1.38 bits per heavy atom. The molecule has 0 bridgehead atoms. The van der Waals surface area contributed by atoms with Gasteiger partial charge in [-0.2, -0.15) is 0 Å². The lowest BCUT2D eigenvalue weighted by Crippen LogP contribution is -2.39. The molecule has 0 aromatic heterocycles. The van der Waals surface area contributed by atoms with E-state index in [9.17, 15) is 9.59 Å². The predicted octanol–water partition coefficient (Wildman–Crippen LogP) is 4.23. The molecule has 0 spiro atoms. The van der Waals surface area contributed by atoms with E-state index in [2.05, 4.69) is 21.2 Å². The Morgan fingerprint density at radius 2 is 2.00 bits per heavy atom. The number of nitrogens with one attached hydrogen (secondary N) is 1. The molecule has 114 valence electrons. The van der Waals surface area contributed by atoms with Gasteiger partial charge in [-0.25, -0.2) is 4.79 Å². The van der Waals surface area contributed by atoms with E-state index >= 15 is 0 Å². The molecular formula is C13H13BrCl2N2O3. The normalized spacial score (nSPS) is 17.9. The molecule has 1 atom stereocenters. The monoisotopic (exact) mass is 394 g/mol. The maximum atomic E-state index is 12.3. The molecule has 2 amide bonds. The zero-order chi connectivity index (χ0) is 15.6. The van der Waals surface area contributed by atoms with Gasteiger partial charge in [0.1, 0.15) is 0 Å². The second-order valence-corrected chi connectivity index (χ2v) is 6.49. The van der Waals surface area contributed by atoms with Gasteiger partial charge >= 0.3 is 12.0 Å². The van der Waals surface area contributed by atoms with Crippen LogP contribution in [0.25, 0.3) is 0 Å². The van der Waals surface area contributed by atoms with Gasteiger partial charge in [-0.05, 0) is 25.0 Å². The Morgan fingerprint density at radius 3 is 2.57 bits per heavy atom. The van der Waals surface area contributed by atoms with Crippen LogP contribution in [0.5, 0.6) is 0 Å². The Kier molecular flexibility index (Phi) is 5.35. The zero-order valence-corrected chi connectivity index (χ0v) is 14.0. The summed E-state index contributed by atoms with van der Waals surface area (Å²) in [5.41, 5.74) is 0.326. The van der Waals surface area contributed by atoms with Crippen LogP contribution >= 0.6 is 39.1 Å². The van der Waals surface area contributed by atoms with E-state index in [-0.39, 0.29) is 18.5 Å². The van der Waals surface area contributed by atoms with Gasteiger partial charge in [-0.1, -0.05) is 39.1 Å². The first-order valence-corrected chi connectivity index (χ1v) is 7.87. The van der Waals surface area contributed by atoms with Crippen LogP contribution in [0, 0.1) is 0 Å². The molecule has 0 aliphatic carbocycles. The minimum absolute atomic E-state index is 0.0603. The Bertz CT molecular complexity index is 560. The maximum Gasteiger partial charge on any atom is 0.322 e. The fourth-order valence-corrected chi connectivity index (χ4v) is 3.66. The van der Waals surface area contributed by atoms with Crippen LogP contribution < -0.4 is 5.32 Å². The summed E-state index contributed by atoms with van der Waals surface area (Å²) in [7, 11) is 0. The van der Waals surface area contributed by atoms with Crippen molar-refractivity contribution in [2.24, 2.45) is 0 Å². The molecule has 1 heterocycles. The van der Waals surface area contributed by atoms with E-state index < -0.39 is 5.97 Å². The largest absolute Gasteiger partial charge is 0.481 e. The summed E-state index contributed by atoms with van der Waals surface area (Å²) in [6.07, 6.45) is 1.41. The average molecular weight is 396 g/mol. The van der Waals surface area contributed by atoms with Crippen molar-refractivity contribution in [1.29, 1.82) is 0 Å². The molecular weight excluding hydrogens is 383 g/mol. The molecule has 1 saturated heterocycles. The number of amides is 2. The number of halogens is 3. The summed E-state index contributed by atoms with van der Waals surface area (Å²) >= 11 is 15.4.